The molecule has 0 radical (unpaired) electrons. The van der Waals surface area contributed by atoms with Crippen molar-refractivity contribution in [2.45, 2.75) is 12.8 Å². The van der Waals surface area contributed by atoms with Crippen molar-refractivity contribution < 1.29 is 19.3 Å². The van der Waals surface area contributed by atoms with Crippen LogP contribution in [-0.4, -0.2) is 35.2 Å². The standard InChI is InChI=1S/C25H22N6O4/c26-22(24(27)33)19-7-10-31(18-4-2-17(3-5-18)30-11-9-28-14-21(30)32)25(34)23(19)29-16-1-6-20-15(13-16)8-12-35-20/h1-6,9,11,13-14H,7-8,10,12,26H2,(H2,27,33)/p+1. The molecule has 2 aliphatic heterocycles. The van der Waals surface area contributed by atoms with Crippen molar-refractivity contribution in [2.75, 3.05) is 18.1 Å². The molecule has 10 nitrogen and oxygen atoms in total. The molecule has 2 amide bonds. The predicted octanol–water partition coefficient (Wildman–Crippen LogP) is 0.794. The first kappa shape index (κ1) is 22.1. The van der Waals surface area contributed by atoms with Crippen molar-refractivity contribution in [3.63, 3.8) is 0 Å². The molecule has 0 spiro atoms. The Balaban J connectivity index is 1.51. The van der Waals surface area contributed by atoms with Crippen LogP contribution in [0.5, 0.6) is 5.75 Å². The van der Waals surface area contributed by atoms with Crippen LogP contribution in [0.4, 0.5) is 11.4 Å². The number of hydrogen-bond donors (Lipinski definition) is 2. The molecule has 2 aromatic carbocycles. The van der Waals surface area contributed by atoms with E-state index in [4.69, 9.17) is 16.2 Å². The molecular formula is C25H23N6O4+. The average Bonchev–Trinajstić information content (AvgIpc) is 3.33. The fourth-order valence-electron chi connectivity index (χ4n) is 4.23. The number of primary amides is 1. The summed E-state index contributed by atoms with van der Waals surface area (Å²) >= 11 is 0. The lowest BCUT2D eigenvalue weighted by molar-refractivity contribution is -0.380. The van der Waals surface area contributed by atoms with Gasteiger partial charge < -0.3 is 21.1 Å². The number of nitrogens with one attached hydrogen (secondary N) is 1. The number of hydrogen-bond acceptors (Lipinski definition) is 6. The van der Waals surface area contributed by atoms with Gasteiger partial charge in [0.15, 0.2) is 6.20 Å². The Morgan fingerprint density at radius 2 is 1.80 bits per heavy atom. The van der Waals surface area contributed by atoms with E-state index in [-0.39, 0.29) is 17.0 Å². The normalized spacial score (nSPS) is 17.8. The van der Waals surface area contributed by atoms with Gasteiger partial charge in [-0.05, 0) is 54.4 Å². The second-order valence-electron chi connectivity index (χ2n) is 8.17. The molecule has 1 aromatic heterocycles. The van der Waals surface area contributed by atoms with E-state index in [9.17, 15) is 14.4 Å². The van der Waals surface area contributed by atoms with Crippen LogP contribution in [0.3, 0.4) is 0 Å². The fourth-order valence-corrected chi connectivity index (χ4v) is 4.23. The number of carbonyl (C=O) groups is 2. The first-order valence-electron chi connectivity index (χ1n) is 11.1. The van der Waals surface area contributed by atoms with E-state index in [2.05, 4.69) is 9.98 Å². The summed E-state index contributed by atoms with van der Waals surface area (Å²) in [5.41, 5.74) is 14.3. The maximum Gasteiger partial charge on any atom is 0.319 e. The number of aromatic amines is 1. The largest absolute Gasteiger partial charge is 0.493 e. The Morgan fingerprint density at radius 3 is 2.54 bits per heavy atom. The Morgan fingerprint density at radius 1 is 1.03 bits per heavy atom. The van der Waals surface area contributed by atoms with Gasteiger partial charge in [0.05, 0.1) is 18.5 Å². The van der Waals surface area contributed by atoms with Crippen LogP contribution in [0.1, 0.15) is 12.0 Å². The van der Waals surface area contributed by atoms with Crippen LogP contribution in [0.15, 0.2) is 82.1 Å². The number of nitrogens with two attached hydrogens (primary N) is 2. The quantitative estimate of drug-likeness (QED) is 0.540. The van der Waals surface area contributed by atoms with Gasteiger partial charge in [-0.2, -0.15) is 0 Å². The number of anilines is 1. The minimum atomic E-state index is -0.800. The molecule has 35 heavy (non-hydrogen) atoms. The minimum Gasteiger partial charge on any atom is -0.493 e. The summed E-state index contributed by atoms with van der Waals surface area (Å²) in [5, 5.41) is 0. The summed E-state index contributed by atoms with van der Waals surface area (Å²) in [5.74, 6) is -0.397. The molecule has 3 heterocycles. The number of ether oxygens (including phenoxy) is 1. The van der Waals surface area contributed by atoms with Crippen LogP contribution >= 0.6 is 0 Å². The molecule has 176 valence electrons. The van der Waals surface area contributed by atoms with E-state index in [1.807, 2.05) is 12.1 Å². The van der Waals surface area contributed by atoms with Crippen molar-refractivity contribution in [3.05, 3.63) is 88.2 Å². The fraction of sp³-hybridized carbons (Fsp3) is 0.160. The van der Waals surface area contributed by atoms with E-state index < -0.39 is 11.8 Å². The van der Waals surface area contributed by atoms with Gasteiger partial charge in [-0.3, -0.25) is 19.0 Å². The number of amides is 2. The second kappa shape index (κ2) is 8.90. The van der Waals surface area contributed by atoms with Gasteiger partial charge in [-0.15, -0.1) is 0 Å². The number of aliphatic imine (C=N–C) groups is 1. The summed E-state index contributed by atoms with van der Waals surface area (Å²) in [6.07, 6.45) is 5.69. The minimum absolute atomic E-state index is 0.0744. The van der Waals surface area contributed by atoms with Crippen LogP contribution in [-0.2, 0) is 16.0 Å². The molecule has 3 aromatic rings. The molecule has 1 saturated heterocycles. The molecule has 10 heteroatoms. The Hall–Kier alpha value is -4.73. The van der Waals surface area contributed by atoms with Gasteiger partial charge >= 0.3 is 5.56 Å². The Labute approximate surface area is 200 Å². The van der Waals surface area contributed by atoms with Gasteiger partial charge in [0.25, 0.3) is 11.8 Å². The second-order valence-corrected chi connectivity index (χ2v) is 8.17. The molecule has 2 aliphatic rings. The number of piperidine rings is 1. The van der Waals surface area contributed by atoms with Crippen LogP contribution in [0, 0.1) is 0 Å². The topological polar surface area (TPSA) is 147 Å². The summed E-state index contributed by atoms with van der Waals surface area (Å²) < 4.78 is 7.03. The molecule has 0 aliphatic carbocycles. The number of aromatic nitrogens is 2. The first-order chi connectivity index (χ1) is 16.9. The van der Waals surface area contributed by atoms with E-state index >= 15 is 0 Å². The number of nitrogens with zero attached hydrogens (tertiary/aromatic N) is 3. The summed E-state index contributed by atoms with van der Waals surface area (Å²) in [6.45, 7) is 0.893. The van der Waals surface area contributed by atoms with Gasteiger partial charge in [-0.1, -0.05) is 0 Å². The lowest BCUT2D eigenvalue weighted by atomic mass is 9.97. The molecule has 5 N–H and O–H groups in total. The maximum absolute atomic E-state index is 13.6. The smallest absolute Gasteiger partial charge is 0.319 e. The molecule has 0 unspecified atom stereocenters. The zero-order valence-corrected chi connectivity index (χ0v) is 18.7. The molecule has 0 atom stereocenters. The zero-order chi connectivity index (χ0) is 24.5. The third-order valence-corrected chi connectivity index (χ3v) is 6.03. The number of carbonyl (C=O) groups excluding carboxylic acids is 2. The summed E-state index contributed by atoms with van der Waals surface area (Å²) in [4.78, 5) is 46.4. The van der Waals surface area contributed by atoms with E-state index in [1.165, 1.54) is 10.8 Å². The number of fused-ring (bicyclic) bond motifs is 1. The number of rotatable bonds is 4. The van der Waals surface area contributed by atoms with Crippen molar-refractivity contribution >= 4 is 28.9 Å². The van der Waals surface area contributed by atoms with Gasteiger partial charge in [-0.25, -0.2) is 9.98 Å². The summed E-state index contributed by atoms with van der Waals surface area (Å²) in [7, 11) is 0. The molecule has 0 bridgehead atoms. The van der Waals surface area contributed by atoms with Gasteiger partial charge in [0.1, 0.15) is 17.2 Å². The SMILES string of the molecule is NC(=O)C(N)=C1CCN(c2ccc(-n3cc[nH+]cc3=O)cc2)C(=O)C1=Nc1ccc2c(c1)CCO2. The highest BCUT2D eigenvalue weighted by atomic mass is 16.5. The Bertz CT molecular complexity index is 1460. The lowest BCUT2D eigenvalue weighted by Gasteiger charge is -2.30. The van der Waals surface area contributed by atoms with E-state index in [0.29, 0.717) is 42.2 Å². The number of H-pyrrole nitrogens is 1. The van der Waals surface area contributed by atoms with Crippen LogP contribution in [0.25, 0.3) is 5.69 Å². The van der Waals surface area contributed by atoms with Crippen molar-refractivity contribution in [3.8, 4) is 11.4 Å². The maximum atomic E-state index is 13.6. The third-order valence-electron chi connectivity index (χ3n) is 6.03. The highest BCUT2D eigenvalue weighted by molar-refractivity contribution is 6.51. The highest BCUT2D eigenvalue weighted by Gasteiger charge is 2.32. The molecular weight excluding hydrogens is 448 g/mol. The van der Waals surface area contributed by atoms with Crippen molar-refractivity contribution in [1.82, 2.24) is 4.57 Å². The average molecular weight is 471 g/mol. The predicted molar refractivity (Wildman–Crippen MR) is 129 cm³/mol. The van der Waals surface area contributed by atoms with Crippen molar-refractivity contribution in [1.29, 1.82) is 0 Å². The lowest BCUT2D eigenvalue weighted by Crippen LogP contribution is -2.44. The van der Waals surface area contributed by atoms with Crippen LogP contribution < -0.4 is 31.6 Å². The monoisotopic (exact) mass is 471 g/mol. The zero-order valence-electron chi connectivity index (χ0n) is 18.7. The molecule has 5 rings (SSSR count). The van der Waals surface area contributed by atoms with E-state index in [0.717, 1.165) is 17.7 Å². The molecule has 0 saturated carbocycles. The van der Waals surface area contributed by atoms with E-state index in [1.54, 1.807) is 47.6 Å². The van der Waals surface area contributed by atoms with Gasteiger partial charge in [0.2, 0.25) is 6.20 Å². The number of benzene rings is 2. The van der Waals surface area contributed by atoms with Crippen LogP contribution in [0.2, 0.25) is 0 Å². The molecule has 1 fully saturated rings. The summed E-state index contributed by atoms with van der Waals surface area (Å²) in [6, 6.07) is 12.5. The van der Waals surface area contributed by atoms with Gasteiger partial charge in [0, 0.05) is 29.9 Å². The Kier molecular flexibility index (Phi) is 5.61. The first-order valence-corrected chi connectivity index (χ1v) is 11.1. The van der Waals surface area contributed by atoms with Crippen molar-refractivity contribution in [2.24, 2.45) is 16.5 Å². The third kappa shape index (κ3) is 4.17. The highest BCUT2D eigenvalue weighted by Crippen LogP contribution is 2.31.